The van der Waals surface area contributed by atoms with Crippen LogP contribution < -0.4 is 0 Å². The molecule has 2 rings (SSSR count). The highest BCUT2D eigenvalue weighted by Gasteiger charge is 2.24. The van der Waals surface area contributed by atoms with Gasteiger partial charge in [-0.3, -0.25) is 9.48 Å². The molecule has 118 valence electrons. The lowest BCUT2D eigenvalue weighted by atomic mass is 10.2. The summed E-state index contributed by atoms with van der Waals surface area (Å²) in [6.45, 7) is 4.77. The summed E-state index contributed by atoms with van der Waals surface area (Å²) in [5.74, 6) is -0.0268. The normalized spacial score (nSPS) is 16.8. The Bertz CT molecular complexity index is 631. The molecule has 0 radical (unpaired) electrons. The smallest absolute Gasteiger partial charge is 0.264 e. The summed E-state index contributed by atoms with van der Waals surface area (Å²) >= 11 is 0. The van der Waals surface area contributed by atoms with Crippen molar-refractivity contribution < 1.29 is 13.2 Å². The number of carbonyl (C=O) groups is 1. The molecule has 1 amide bonds. The number of hydrogen-bond acceptors (Lipinski definition) is 4. The Morgan fingerprint density at radius 1 is 1.19 bits per heavy atom. The Kier molecular flexibility index (Phi) is 4.93. The van der Waals surface area contributed by atoms with Gasteiger partial charge in [0.15, 0.2) is 0 Å². The average Bonchev–Trinajstić information content (AvgIpc) is 2.58. The van der Waals surface area contributed by atoms with Crippen molar-refractivity contribution in [1.82, 2.24) is 14.7 Å². The molecule has 0 unspecified atom stereocenters. The second kappa shape index (κ2) is 6.36. The summed E-state index contributed by atoms with van der Waals surface area (Å²) < 4.78 is 24.5. The Hall–Kier alpha value is -1.08. The number of aromatic nitrogens is 2. The van der Waals surface area contributed by atoms with Crippen LogP contribution >= 0.6 is 10.7 Å². The Morgan fingerprint density at radius 3 is 2.24 bits per heavy atom. The molecule has 8 heteroatoms. The highest BCUT2D eigenvalue weighted by atomic mass is 35.7. The summed E-state index contributed by atoms with van der Waals surface area (Å²) in [5.41, 5.74) is 0.733. The first-order valence-electron chi connectivity index (χ1n) is 7.07. The van der Waals surface area contributed by atoms with Gasteiger partial charge in [-0.05, 0) is 26.7 Å². The molecule has 1 saturated heterocycles. The molecule has 0 N–H and O–H groups in total. The van der Waals surface area contributed by atoms with E-state index in [-0.39, 0.29) is 17.3 Å². The van der Waals surface area contributed by atoms with Crippen LogP contribution in [0.4, 0.5) is 0 Å². The number of likely N-dealkylation sites (tertiary alicyclic amines) is 1. The predicted molar refractivity (Wildman–Crippen MR) is 79.8 cm³/mol. The van der Waals surface area contributed by atoms with E-state index in [4.69, 9.17) is 10.7 Å². The van der Waals surface area contributed by atoms with Crippen molar-refractivity contribution in [2.24, 2.45) is 0 Å². The second-order valence-electron chi connectivity index (χ2n) is 5.39. The Morgan fingerprint density at radius 2 is 1.76 bits per heavy atom. The Labute approximate surface area is 129 Å². The van der Waals surface area contributed by atoms with Crippen molar-refractivity contribution >= 4 is 25.6 Å². The van der Waals surface area contributed by atoms with Crippen LogP contribution in [0.25, 0.3) is 0 Å². The van der Waals surface area contributed by atoms with Crippen LogP contribution in [-0.2, 0) is 20.4 Å². The summed E-state index contributed by atoms with van der Waals surface area (Å²) in [6.07, 6.45) is 4.34. The van der Waals surface area contributed by atoms with E-state index < -0.39 is 9.05 Å². The fourth-order valence-electron chi connectivity index (χ4n) is 2.74. The zero-order valence-electron chi connectivity index (χ0n) is 12.3. The quantitative estimate of drug-likeness (QED) is 0.791. The van der Waals surface area contributed by atoms with Crippen molar-refractivity contribution in [3.63, 3.8) is 0 Å². The van der Waals surface area contributed by atoms with Crippen LogP contribution in [0.15, 0.2) is 4.90 Å². The molecule has 1 aromatic rings. The zero-order chi connectivity index (χ0) is 15.6. The van der Waals surface area contributed by atoms with Crippen LogP contribution in [-0.4, -0.2) is 42.1 Å². The summed E-state index contributed by atoms with van der Waals surface area (Å²) in [6, 6.07) is 0. The van der Waals surface area contributed by atoms with Gasteiger partial charge in [-0.15, -0.1) is 0 Å². The lowest BCUT2D eigenvalue weighted by Crippen LogP contribution is -2.35. The van der Waals surface area contributed by atoms with Gasteiger partial charge in [0.25, 0.3) is 9.05 Å². The molecule has 0 spiro atoms. The number of halogens is 1. The predicted octanol–water partition coefficient (Wildman–Crippen LogP) is 1.83. The number of nitrogens with zero attached hydrogens (tertiary/aromatic N) is 3. The first-order valence-corrected chi connectivity index (χ1v) is 9.38. The highest BCUT2D eigenvalue weighted by Crippen LogP contribution is 2.23. The molecule has 1 aromatic heterocycles. The maximum Gasteiger partial charge on any atom is 0.264 e. The van der Waals surface area contributed by atoms with Gasteiger partial charge in [0.2, 0.25) is 5.91 Å². The van der Waals surface area contributed by atoms with Crippen LogP contribution in [0.5, 0.6) is 0 Å². The van der Waals surface area contributed by atoms with E-state index in [1.807, 2.05) is 4.90 Å². The first kappa shape index (κ1) is 16.3. The lowest BCUT2D eigenvalue weighted by molar-refractivity contribution is -0.132. The average molecular weight is 334 g/mol. The van der Waals surface area contributed by atoms with Crippen LogP contribution in [0.2, 0.25) is 0 Å². The van der Waals surface area contributed by atoms with Gasteiger partial charge in [0.1, 0.15) is 11.4 Å². The van der Waals surface area contributed by atoms with E-state index in [1.54, 1.807) is 13.8 Å². The van der Waals surface area contributed by atoms with E-state index in [1.165, 1.54) is 4.68 Å². The summed E-state index contributed by atoms with van der Waals surface area (Å²) in [7, 11) is 1.57. The molecule has 0 aliphatic carbocycles. The van der Waals surface area contributed by atoms with Crippen molar-refractivity contribution in [3.8, 4) is 0 Å². The minimum Gasteiger partial charge on any atom is -0.341 e. The van der Waals surface area contributed by atoms with Gasteiger partial charge in [-0.1, -0.05) is 12.8 Å². The topological polar surface area (TPSA) is 72.3 Å². The van der Waals surface area contributed by atoms with Gasteiger partial charge in [-0.2, -0.15) is 5.10 Å². The third-order valence-corrected chi connectivity index (χ3v) is 5.34. The molecule has 2 heterocycles. The molecule has 0 bridgehead atoms. The van der Waals surface area contributed by atoms with Gasteiger partial charge < -0.3 is 4.90 Å². The molecule has 1 aliphatic rings. The molecule has 0 saturated carbocycles. The molecular formula is C13H20ClN3O3S. The summed E-state index contributed by atoms with van der Waals surface area (Å²) in [5, 5.41) is 4.14. The largest absolute Gasteiger partial charge is 0.341 e. The zero-order valence-corrected chi connectivity index (χ0v) is 13.9. The first-order chi connectivity index (χ1) is 9.80. The third-order valence-electron chi connectivity index (χ3n) is 3.80. The van der Waals surface area contributed by atoms with Crippen molar-refractivity contribution in [1.29, 1.82) is 0 Å². The number of hydrogen-bond donors (Lipinski definition) is 0. The highest BCUT2D eigenvalue weighted by molar-refractivity contribution is 8.13. The SMILES string of the molecule is Cc1nn(CC(=O)N2CCCCCC2)c(C)c1S(=O)(=O)Cl. The Balaban J connectivity index is 2.18. The van der Waals surface area contributed by atoms with E-state index in [0.717, 1.165) is 38.8 Å². The minimum atomic E-state index is -3.85. The molecule has 21 heavy (non-hydrogen) atoms. The molecular weight excluding hydrogens is 314 g/mol. The fraction of sp³-hybridized carbons (Fsp3) is 0.692. The molecule has 1 fully saturated rings. The molecule has 1 aliphatic heterocycles. The van der Waals surface area contributed by atoms with E-state index >= 15 is 0 Å². The molecule has 0 atom stereocenters. The van der Waals surface area contributed by atoms with Crippen LogP contribution in [0.3, 0.4) is 0 Å². The van der Waals surface area contributed by atoms with Gasteiger partial charge >= 0.3 is 0 Å². The maximum atomic E-state index is 12.3. The van der Waals surface area contributed by atoms with Crippen molar-refractivity contribution in [2.75, 3.05) is 13.1 Å². The standard InChI is InChI=1S/C13H20ClN3O3S/c1-10-13(21(14,19)20)11(2)17(15-10)9-12(18)16-7-5-3-4-6-8-16/h3-9H2,1-2H3. The van der Waals surface area contributed by atoms with Crippen molar-refractivity contribution in [2.45, 2.75) is 51.0 Å². The lowest BCUT2D eigenvalue weighted by Gasteiger charge is -2.20. The van der Waals surface area contributed by atoms with Gasteiger partial charge in [0, 0.05) is 23.8 Å². The monoisotopic (exact) mass is 333 g/mol. The van der Waals surface area contributed by atoms with Crippen LogP contribution in [0.1, 0.15) is 37.1 Å². The van der Waals surface area contributed by atoms with E-state index in [9.17, 15) is 13.2 Å². The minimum absolute atomic E-state index is 0.00725. The second-order valence-corrected chi connectivity index (χ2v) is 7.89. The van der Waals surface area contributed by atoms with Crippen molar-refractivity contribution in [3.05, 3.63) is 11.4 Å². The van der Waals surface area contributed by atoms with E-state index in [0.29, 0.717) is 11.4 Å². The van der Waals surface area contributed by atoms with Gasteiger partial charge in [-0.25, -0.2) is 8.42 Å². The third kappa shape index (κ3) is 3.77. The molecule has 0 aromatic carbocycles. The van der Waals surface area contributed by atoms with Crippen LogP contribution in [0, 0.1) is 13.8 Å². The maximum absolute atomic E-state index is 12.3. The number of amides is 1. The number of carbonyl (C=O) groups excluding carboxylic acids is 1. The van der Waals surface area contributed by atoms with E-state index in [2.05, 4.69) is 5.10 Å². The molecule has 6 nitrogen and oxygen atoms in total. The fourth-order valence-corrected chi connectivity index (χ4v) is 4.26. The number of rotatable bonds is 3. The number of aryl methyl sites for hydroxylation is 1. The van der Waals surface area contributed by atoms with Gasteiger partial charge in [0.05, 0.1) is 11.4 Å². The summed E-state index contributed by atoms with van der Waals surface area (Å²) in [4.78, 5) is 14.2.